The number of ether oxygens (including phenoxy) is 1. The Morgan fingerprint density at radius 2 is 1.90 bits per heavy atom. The number of fused-ring (bicyclic) bond motifs is 2. The molecule has 3 heterocycles. The van der Waals surface area contributed by atoms with Crippen LogP contribution in [0.5, 0.6) is 5.75 Å². The Morgan fingerprint density at radius 1 is 1.00 bits per heavy atom. The summed E-state index contributed by atoms with van der Waals surface area (Å²) in [4.78, 5) is 18.3. The molecule has 148 valence electrons. The fraction of sp³-hybridized carbons (Fsp3) is 0.0909. The first-order chi connectivity index (χ1) is 14.7. The topological polar surface area (TPSA) is 72.8 Å². The molecule has 0 spiro atoms. The molecule has 6 nitrogen and oxygen atoms in total. The molecule has 3 aromatic heterocycles. The molecule has 0 aliphatic carbocycles. The van der Waals surface area contributed by atoms with Crippen LogP contribution in [0.3, 0.4) is 0 Å². The van der Waals surface area contributed by atoms with E-state index in [1.807, 2.05) is 48.7 Å². The largest absolute Gasteiger partial charge is 0.497 e. The quantitative estimate of drug-likeness (QED) is 0.354. The second-order valence-corrected chi connectivity index (χ2v) is 8.60. The number of nitrogens with zero attached hydrogens (tertiary/aromatic N) is 4. The monoisotopic (exact) mass is 431 g/mol. The molecule has 0 atom stereocenters. The third kappa shape index (κ3) is 3.55. The van der Waals surface area contributed by atoms with Gasteiger partial charge in [0.1, 0.15) is 11.6 Å². The maximum Gasteiger partial charge on any atom is 0.163 e. The van der Waals surface area contributed by atoms with E-state index in [0.717, 1.165) is 42.5 Å². The number of anilines is 2. The molecule has 0 aliphatic rings. The highest BCUT2D eigenvalue weighted by molar-refractivity contribution is 8.00. The van der Waals surface area contributed by atoms with Crippen LogP contribution in [0.2, 0.25) is 0 Å². The highest BCUT2D eigenvalue weighted by atomic mass is 32.2. The van der Waals surface area contributed by atoms with Crippen LogP contribution in [0.4, 0.5) is 11.5 Å². The van der Waals surface area contributed by atoms with Crippen LogP contribution >= 0.6 is 23.1 Å². The average molecular weight is 432 g/mol. The number of thiazole rings is 1. The van der Waals surface area contributed by atoms with Gasteiger partial charge in [0, 0.05) is 29.0 Å². The number of nitrogens with one attached hydrogen (secondary N) is 1. The van der Waals surface area contributed by atoms with Crippen molar-refractivity contribution in [3.8, 4) is 17.1 Å². The molecule has 30 heavy (non-hydrogen) atoms. The number of benzene rings is 2. The lowest BCUT2D eigenvalue weighted by Crippen LogP contribution is -2.00. The van der Waals surface area contributed by atoms with E-state index in [4.69, 9.17) is 14.7 Å². The molecule has 0 bridgehead atoms. The van der Waals surface area contributed by atoms with Gasteiger partial charge in [0.2, 0.25) is 0 Å². The molecule has 8 heteroatoms. The number of methoxy groups -OCH3 is 1. The number of hydrogen-bond donors (Lipinski definition) is 1. The van der Waals surface area contributed by atoms with E-state index in [0.29, 0.717) is 11.6 Å². The van der Waals surface area contributed by atoms with Crippen LogP contribution in [0.25, 0.3) is 32.5 Å². The number of thioether (sulfide) groups is 1. The van der Waals surface area contributed by atoms with Crippen molar-refractivity contribution in [3.63, 3.8) is 0 Å². The molecular formula is C22H17N5OS2. The minimum absolute atomic E-state index is 0.617. The second-order valence-electron chi connectivity index (χ2n) is 6.51. The van der Waals surface area contributed by atoms with E-state index in [-0.39, 0.29) is 0 Å². The third-order valence-corrected chi connectivity index (χ3v) is 6.63. The van der Waals surface area contributed by atoms with Crippen LogP contribution in [0, 0.1) is 0 Å². The van der Waals surface area contributed by atoms with Crippen molar-refractivity contribution in [1.82, 2.24) is 19.9 Å². The summed E-state index contributed by atoms with van der Waals surface area (Å²) in [5, 5.41) is 4.36. The number of hydrogen-bond acceptors (Lipinski definition) is 8. The molecule has 0 aliphatic heterocycles. The summed E-state index contributed by atoms with van der Waals surface area (Å²) in [5.41, 5.74) is 3.63. The lowest BCUT2D eigenvalue weighted by molar-refractivity contribution is 0.415. The summed E-state index contributed by atoms with van der Waals surface area (Å²) in [6.45, 7) is 0. The predicted octanol–water partition coefficient (Wildman–Crippen LogP) is 5.78. The van der Waals surface area contributed by atoms with Crippen molar-refractivity contribution in [1.29, 1.82) is 0 Å². The van der Waals surface area contributed by atoms with E-state index in [1.54, 1.807) is 42.6 Å². The van der Waals surface area contributed by atoms with Crippen molar-refractivity contribution < 1.29 is 4.74 Å². The van der Waals surface area contributed by atoms with E-state index in [1.165, 1.54) is 0 Å². The SMILES string of the molecule is COc1ccc2nc(-c3cccnc3)nc(Nc3ccc4nc(SC)sc4c3)c2c1. The van der Waals surface area contributed by atoms with Gasteiger partial charge in [-0.15, -0.1) is 11.3 Å². The maximum atomic E-state index is 5.41. The Morgan fingerprint density at radius 3 is 2.70 bits per heavy atom. The van der Waals surface area contributed by atoms with Gasteiger partial charge < -0.3 is 10.1 Å². The van der Waals surface area contributed by atoms with Gasteiger partial charge in [-0.05, 0) is 54.8 Å². The van der Waals surface area contributed by atoms with Gasteiger partial charge in [0.15, 0.2) is 10.2 Å². The second kappa shape index (κ2) is 7.89. The van der Waals surface area contributed by atoms with Crippen molar-refractivity contribution in [2.75, 3.05) is 18.7 Å². The predicted molar refractivity (Wildman–Crippen MR) is 124 cm³/mol. The van der Waals surface area contributed by atoms with Crippen molar-refractivity contribution in [2.24, 2.45) is 0 Å². The van der Waals surface area contributed by atoms with E-state index < -0.39 is 0 Å². The maximum absolute atomic E-state index is 5.41. The Balaban J connectivity index is 1.64. The minimum atomic E-state index is 0.617. The minimum Gasteiger partial charge on any atom is -0.497 e. The van der Waals surface area contributed by atoms with Crippen LogP contribution in [0.1, 0.15) is 0 Å². The Labute approximate surface area is 181 Å². The van der Waals surface area contributed by atoms with Gasteiger partial charge >= 0.3 is 0 Å². The fourth-order valence-corrected chi connectivity index (χ4v) is 4.69. The lowest BCUT2D eigenvalue weighted by atomic mass is 10.2. The van der Waals surface area contributed by atoms with Crippen LogP contribution < -0.4 is 10.1 Å². The van der Waals surface area contributed by atoms with Gasteiger partial charge in [-0.1, -0.05) is 11.8 Å². The smallest absolute Gasteiger partial charge is 0.163 e. The average Bonchev–Trinajstić information content (AvgIpc) is 3.22. The van der Waals surface area contributed by atoms with E-state index in [9.17, 15) is 0 Å². The van der Waals surface area contributed by atoms with Crippen LogP contribution in [0.15, 0.2) is 65.3 Å². The van der Waals surface area contributed by atoms with Gasteiger partial charge in [-0.3, -0.25) is 4.98 Å². The Bertz CT molecular complexity index is 1350. The molecule has 0 fully saturated rings. The zero-order valence-electron chi connectivity index (χ0n) is 16.3. The first-order valence-electron chi connectivity index (χ1n) is 9.21. The first kappa shape index (κ1) is 18.8. The van der Waals surface area contributed by atoms with Crippen LogP contribution in [-0.2, 0) is 0 Å². The van der Waals surface area contributed by atoms with Gasteiger partial charge in [-0.2, -0.15) is 0 Å². The molecule has 0 radical (unpaired) electrons. The molecule has 0 saturated heterocycles. The van der Waals surface area contributed by atoms with Crippen molar-refractivity contribution in [2.45, 2.75) is 4.34 Å². The summed E-state index contributed by atoms with van der Waals surface area (Å²) in [6.07, 6.45) is 5.54. The van der Waals surface area contributed by atoms with E-state index in [2.05, 4.69) is 21.4 Å². The van der Waals surface area contributed by atoms with Crippen molar-refractivity contribution in [3.05, 3.63) is 60.9 Å². The Kier molecular flexibility index (Phi) is 4.94. The lowest BCUT2D eigenvalue weighted by Gasteiger charge is -2.12. The summed E-state index contributed by atoms with van der Waals surface area (Å²) in [7, 11) is 1.65. The molecule has 0 unspecified atom stereocenters. The van der Waals surface area contributed by atoms with Crippen LogP contribution in [-0.4, -0.2) is 33.3 Å². The normalized spacial score (nSPS) is 11.1. The fourth-order valence-electron chi connectivity index (χ4n) is 3.16. The van der Waals surface area contributed by atoms with E-state index >= 15 is 0 Å². The molecule has 0 saturated carbocycles. The van der Waals surface area contributed by atoms with Gasteiger partial charge in [-0.25, -0.2) is 15.0 Å². The molecule has 5 rings (SSSR count). The highest BCUT2D eigenvalue weighted by Gasteiger charge is 2.12. The number of aromatic nitrogens is 4. The zero-order valence-corrected chi connectivity index (χ0v) is 17.9. The molecule has 2 aromatic carbocycles. The summed E-state index contributed by atoms with van der Waals surface area (Å²) in [5.74, 6) is 2.09. The van der Waals surface area contributed by atoms with Gasteiger partial charge in [0.05, 0.1) is 22.8 Å². The highest BCUT2D eigenvalue weighted by Crippen LogP contribution is 2.33. The number of pyridine rings is 1. The summed E-state index contributed by atoms with van der Waals surface area (Å²) >= 11 is 3.34. The summed E-state index contributed by atoms with van der Waals surface area (Å²) in [6, 6.07) is 15.8. The summed E-state index contributed by atoms with van der Waals surface area (Å²) < 4.78 is 7.60. The third-order valence-electron chi connectivity index (χ3n) is 4.63. The molecule has 0 amide bonds. The molecular weight excluding hydrogens is 414 g/mol. The Hall–Kier alpha value is -3.23. The molecule has 5 aromatic rings. The molecule has 1 N–H and O–H groups in total. The van der Waals surface area contributed by atoms with Crippen molar-refractivity contribution >= 4 is 55.7 Å². The standard InChI is InChI=1S/C22H17N5OS2/c1-28-15-6-8-17-16(11-15)21(27-20(25-17)13-4-3-9-23-12-13)24-14-5-7-18-19(10-14)30-22(26-18)29-2/h3-12H,1-2H3,(H,24,25,27). The number of rotatable bonds is 5. The zero-order chi connectivity index (χ0) is 20.5. The van der Waals surface area contributed by atoms with Gasteiger partial charge in [0.25, 0.3) is 0 Å². The first-order valence-corrected chi connectivity index (χ1v) is 11.3.